The van der Waals surface area contributed by atoms with Gasteiger partial charge < -0.3 is 9.84 Å². The van der Waals surface area contributed by atoms with Gasteiger partial charge in [-0.25, -0.2) is 0 Å². The van der Waals surface area contributed by atoms with Crippen LogP contribution in [0.2, 0.25) is 0 Å². The molecule has 1 N–H and O–H groups in total. The molecule has 0 saturated heterocycles. The number of phenolic OH excluding ortho intramolecular Hbond substituents is 1. The number of ether oxygens (including phenoxy) is 1. The van der Waals surface area contributed by atoms with Gasteiger partial charge in [-0.15, -0.1) is 0 Å². The normalized spacial score (nSPS) is 11.1. The minimum absolute atomic E-state index is 0.127. The number of carbonyl (C=O) groups is 1. The van der Waals surface area contributed by atoms with Gasteiger partial charge in [0.15, 0.2) is 0 Å². The van der Waals surface area contributed by atoms with Gasteiger partial charge in [0.2, 0.25) is 0 Å². The van der Waals surface area contributed by atoms with E-state index in [1.165, 1.54) is 101 Å². The molecule has 196 valence electrons. The van der Waals surface area contributed by atoms with Crippen LogP contribution in [0, 0.1) is 0 Å². The van der Waals surface area contributed by atoms with E-state index >= 15 is 0 Å². The Morgan fingerprint density at radius 3 is 1.62 bits per heavy atom. The summed E-state index contributed by atoms with van der Waals surface area (Å²) in [6, 6.07) is 3.88. The molecule has 0 aliphatic heterocycles. The summed E-state index contributed by atoms with van der Waals surface area (Å²) in [6.45, 7) is 6.82. The lowest BCUT2D eigenvalue weighted by atomic mass is 9.90. The van der Waals surface area contributed by atoms with Crippen molar-refractivity contribution >= 4 is 5.97 Å². The fourth-order valence-corrected chi connectivity index (χ4v) is 4.89. The summed E-state index contributed by atoms with van der Waals surface area (Å²) in [6.07, 6.45) is 23.8. The number of phenols is 1. The van der Waals surface area contributed by atoms with Crippen molar-refractivity contribution in [3.63, 3.8) is 0 Å². The van der Waals surface area contributed by atoms with Gasteiger partial charge in [-0.1, -0.05) is 110 Å². The SMILES string of the molecule is CCCCCCCCCCc1c(O)ccc(CCC(=O)OCC)c1CCCCCCCCCC. The molecular weight excluding hydrogens is 420 g/mol. The van der Waals surface area contributed by atoms with E-state index in [0.29, 0.717) is 25.2 Å². The standard InChI is InChI=1S/C31H54O3/c1-4-7-9-11-13-15-17-19-21-28-27(24-26-31(33)34-6-3)23-25-30(32)29(28)22-20-18-16-14-12-10-8-5-2/h23,25,32H,4-22,24,26H2,1-3H3. The maximum Gasteiger partial charge on any atom is 0.306 e. The second-order valence-corrected chi connectivity index (χ2v) is 9.96. The third kappa shape index (κ3) is 14.0. The molecule has 0 aliphatic carbocycles. The molecule has 0 unspecified atom stereocenters. The van der Waals surface area contributed by atoms with Gasteiger partial charge >= 0.3 is 5.97 Å². The number of carbonyl (C=O) groups excluding carboxylic acids is 1. The maximum atomic E-state index is 12.0. The van der Waals surface area contributed by atoms with Gasteiger partial charge in [-0.05, 0) is 61.8 Å². The summed E-state index contributed by atoms with van der Waals surface area (Å²) in [5, 5.41) is 10.7. The van der Waals surface area contributed by atoms with Gasteiger partial charge in [0.05, 0.1) is 6.61 Å². The largest absolute Gasteiger partial charge is 0.508 e. The number of aryl methyl sites for hydroxylation is 1. The number of unbranched alkanes of at least 4 members (excludes halogenated alkanes) is 14. The molecule has 0 aliphatic rings. The third-order valence-corrected chi connectivity index (χ3v) is 6.97. The number of rotatable bonds is 22. The molecule has 3 nitrogen and oxygen atoms in total. The average Bonchev–Trinajstić information content (AvgIpc) is 2.83. The Morgan fingerprint density at radius 2 is 1.12 bits per heavy atom. The molecule has 0 bridgehead atoms. The highest BCUT2D eigenvalue weighted by molar-refractivity contribution is 5.69. The molecule has 1 rings (SSSR count). The number of esters is 1. The number of aromatic hydroxyl groups is 1. The molecule has 1 aromatic carbocycles. The predicted octanol–water partition coefficient (Wildman–Crippen LogP) is 9.25. The zero-order chi connectivity index (χ0) is 24.9. The van der Waals surface area contributed by atoms with E-state index in [0.717, 1.165) is 31.2 Å². The van der Waals surface area contributed by atoms with Gasteiger partial charge in [-0.2, -0.15) is 0 Å². The first-order valence-electron chi connectivity index (χ1n) is 14.6. The Bertz CT molecular complexity index is 638. The van der Waals surface area contributed by atoms with Crippen LogP contribution in [0.5, 0.6) is 5.75 Å². The summed E-state index contributed by atoms with van der Waals surface area (Å²) in [4.78, 5) is 12.0. The van der Waals surface area contributed by atoms with Crippen molar-refractivity contribution < 1.29 is 14.6 Å². The van der Waals surface area contributed by atoms with Crippen molar-refractivity contribution in [1.82, 2.24) is 0 Å². The number of hydrogen-bond donors (Lipinski definition) is 1. The molecule has 0 atom stereocenters. The van der Waals surface area contributed by atoms with E-state index in [1.807, 2.05) is 19.1 Å². The molecule has 1 aromatic rings. The predicted molar refractivity (Wildman–Crippen MR) is 146 cm³/mol. The molecular formula is C31H54O3. The minimum atomic E-state index is -0.127. The van der Waals surface area contributed by atoms with Crippen LogP contribution in [0.1, 0.15) is 147 Å². The number of hydrogen-bond acceptors (Lipinski definition) is 3. The van der Waals surface area contributed by atoms with E-state index in [4.69, 9.17) is 4.74 Å². The van der Waals surface area contributed by atoms with Gasteiger partial charge in [0.25, 0.3) is 0 Å². The van der Waals surface area contributed by atoms with Crippen molar-refractivity contribution in [1.29, 1.82) is 0 Å². The van der Waals surface area contributed by atoms with Crippen LogP contribution in [-0.4, -0.2) is 17.7 Å². The Balaban J connectivity index is 2.65. The summed E-state index contributed by atoms with van der Waals surface area (Å²) in [5.74, 6) is 0.315. The second kappa shape index (κ2) is 20.8. The minimum Gasteiger partial charge on any atom is -0.508 e. The van der Waals surface area contributed by atoms with Crippen LogP contribution in [0.15, 0.2) is 12.1 Å². The molecule has 0 fully saturated rings. The Kier molecular flexibility index (Phi) is 18.7. The molecule has 0 amide bonds. The number of benzene rings is 1. The van der Waals surface area contributed by atoms with E-state index in [1.54, 1.807) is 0 Å². The molecule has 0 heterocycles. The van der Waals surface area contributed by atoms with Crippen LogP contribution < -0.4 is 0 Å². The lowest BCUT2D eigenvalue weighted by Crippen LogP contribution is -2.08. The maximum absolute atomic E-state index is 12.0. The second-order valence-electron chi connectivity index (χ2n) is 9.96. The third-order valence-electron chi connectivity index (χ3n) is 6.97. The Labute approximate surface area is 211 Å². The first kappa shape index (κ1) is 30.5. The van der Waals surface area contributed by atoms with Crippen molar-refractivity contribution in [2.24, 2.45) is 0 Å². The molecule has 0 radical (unpaired) electrons. The highest BCUT2D eigenvalue weighted by Gasteiger charge is 2.14. The summed E-state index contributed by atoms with van der Waals surface area (Å²) >= 11 is 0. The van der Waals surface area contributed by atoms with E-state index in [2.05, 4.69) is 13.8 Å². The Hall–Kier alpha value is -1.51. The molecule has 0 aromatic heterocycles. The highest BCUT2D eigenvalue weighted by Crippen LogP contribution is 2.29. The first-order valence-corrected chi connectivity index (χ1v) is 14.6. The van der Waals surface area contributed by atoms with Crippen LogP contribution >= 0.6 is 0 Å². The van der Waals surface area contributed by atoms with Crippen LogP contribution in [0.25, 0.3) is 0 Å². The summed E-state index contributed by atoms with van der Waals surface area (Å²) < 4.78 is 5.15. The average molecular weight is 475 g/mol. The van der Waals surface area contributed by atoms with Crippen molar-refractivity contribution in [2.75, 3.05) is 6.61 Å². The smallest absolute Gasteiger partial charge is 0.306 e. The zero-order valence-corrected chi connectivity index (χ0v) is 22.8. The zero-order valence-electron chi connectivity index (χ0n) is 22.8. The van der Waals surface area contributed by atoms with Crippen molar-refractivity contribution in [3.05, 3.63) is 28.8 Å². The molecule has 34 heavy (non-hydrogen) atoms. The topological polar surface area (TPSA) is 46.5 Å². The fraction of sp³-hybridized carbons (Fsp3) is 0.774. The first-order chi connectivity index (χ1) is 16.6. The summed E-state index contributed by atoms with van der Waals surface area (Å²) in [5.41, 5.74) is 3.66. The molecule has 0 spiro atoms. The highest BCUT2D eigenvalue weighted by atomic mass is 16.5. The van der Waals surface area contributed by atoms with E-state index in [9.17, 15) is 9.90 Å². The van der Waals surface area contributed by atoms with Gasteiger partial charge in [0.1, 0.15) is 5.75 Å². The van der Waals surface area contributed by atoms with Crippen LogP contribution in [0.4, 0.5) is 0 Å². The molecule has 0 saturated carbocycles. The van der Waals surface area contributed by atoms with Crippen LogP contribution in [0.3, 0.4) is 0 Å². The van der Waals surface area contributed by atoms with E-state index < -0.39 is 0 Å². The lowest BCUT2D eigenvalue weighted by molar-refractivity contribution is -0.143. The van der Waals surface area contributed by atoms with Gasteiger partial charge in [0, 0.05) is 6.42 Å². The van der Waals surface area contributed by atoms with E-state index in [-0.39, 0.29) is 5.97 Å². The van der Waals surface area contributed by atoms with Gasteiger partial charge in [-0.3, -0.25) is 4.79 Å². The molecule has 3 heteroatoms. The Morgan fingerprint density at radius 1 is 0.647 bits per heavy atom. The monoisotopic (exact) mass is 474 g/mol. The van der Waals surface area contributed by atoms with Crippen molar-refractivity contribution in [2.45, 2.75) is 149 Å². The lowest BCUT2D eigenvalue weighted by Gasteiger charge is -2.17. The summed E-state index contributed by atoms with van der Waals surface area (Å²) in [7, 11) is 0. The van der Waals surface area contributed by atoms with Crippen LogP contribution in [-0.2, 0) is 28.8 Å². The quantitative estimate of drug-likeness (QED) is 0.134. The van der Waals surface area contributed by atoms with Crippen molar-refractivity contribution in [3.8, 4) is 5.75 Å². The fourth-order valence-electron chi connectivity index (χ4n) is 4.89.